The quantitative estimate of drug-likeness (QED) is 0.581. The van der Waals surface area contributed by atoms with E-state index in [1.165, 1.54) is 13.2 Å². The molecule has 16 heavy (non-hydrogen) atoms. The van der Waals surface area contributed by atoms with Crippen LogP contribution in [0.1, 0.15) is 17.2 Å². The smallest absolute Gasteiger partial charge is 0.330 e. The molecule has 2 N–H and O–H groups in total. The maximum atomic E-state index is 11.0. The lowest BCUT2D eigenvalue weighted by atomic mass is 10.0. The van der Waals surface area contributed by atoms with Crippen LogP contribution >= 0.6 is 0 Å². The molecule has 1 unspecified atom stereocenters. The van der Waals surface area contributed by atoms with Crippen molar-refractivity contribution in [2.24, 2.45) is 0 Å². The van der Waals surface area contributed by atoms with Crippen molar-refractivity contribution in [3.8, 4) is 5.75 Å². The van der Waals surface area contributed by atoms with Gasteiger partial charge >= 0.3 is 5.97 Å². The lowest BCUT2D eigenvalue weighted by Crippen LogP contribution is -2.09. The normalized spacial score (nSPS) is 18.7. The molecule has 4 nitrogen and oxygen atoms in total. The monoisotopic (exact) mass is 219 g/mol. The van der Waals surface area contributed by atoms with Gasteiger partial charge in [0.2, 0.25) is 0 Å². The maximum absolute atomic E-state index is 11.0. The standard InChI is InChI=1S/C12H13NO3/c1-16-12(15)6-5-10-8-3-2-4-11(14)9(8)7-13-10/h2-6,10,13-14H,7H2,1H3. The third kappa shape index (κ3) is 1.92. The molecule has 0 bridgehead atoms. The Kier molecular flexibility index (Phi) is 2.92. The van der Waals surface area contributed by atoms with Gasteiger partial charge in [0.05, 0.1) is 13.2 Å². The first-order valence-corrected chi connectivity index (χ1v) is 5.02. The summed E-state index contributed by atoms with van der Waals surface area (Å²) < 4.78 is 4.52. The minimum absolute atomic E-state index is 0.0406. The van der Waals surface area contributed by atoms with E-state index in [-0.39, 0.29) is 12.0 Å². The van der Waals surface area contributed by atoms with Crippen LogP contribution in [0.2, 0.25) is 0 Å². The fourth-order valence-corrected chi connectivity index (χ4v) is 1.81. The van der Waals surface area contributed by atoms with Crippen LogP contribution in [-0.2, 0) is 16.1 Å². The van der Waals surface area contributed by atoms with Crippen molar-refractivity contribution >= 4 is 5.97 Å². The number of aromatic hydroxyl groups is 1. The van der Waals surface area contributed by atoms with E-state index in [2.05, 4.69) is 10.1 Å². The van der Waals surface area contributed by atoms with Gasteiger partial charge < -0.3 is 15.2 Å². The van der Waals surface area contributed by atoms with Crippen LogP contribution in [0.25, 0.3) is 0 Å². The molecule has 0 spiro atoms. The molecule has 1 aromatic carbocycles. The van der Waals surface area contributed by atoms with Crippen LogP contribution in [0.15, 0.2) is 30.4 Å². The average Bonchev–Trinajstić information content (AvgIpc) is 2.70. The van der Waals surface area contributed by atoms with Crippen LogP contribution < -0.4 is 5.32 Å². The lowest BCUT2D eigenvalue weighted by Gasteiger charge is -2.06. The van der Waals surface area contributed by atoms with Gasteiger partial charge in [-0.1, -0.05) is 18.2 Å². The van der Waals surface area contributed by atoms with E-state index in [9.17, 15) is 9.90 Å². The van der Waals surface area contributed by atoms with Gasteiger partial charge in [0, 0.05) is 18.2 Å². The largest absolute Gasteiger partial charge is 0.508 e. The first-order valence-electron chi connectivity index (χ1n) is 5.02. The Morgan fingerprint density at radius 2 is 2.44 bits per heavy atom. The van der Waals surface area contributed by atoms with Crippen molar-refractivity contribution in [3.05, 3.63) is 41.5 Å². The summed E-state index contributed by atoms with van der Waals surface area (Å²) in [4.78, 5) is 11.0. The molecular formula is C12H13NO3. The van der Waals surface area contributed by atoms with Crippen LogP contribution in [0, 0.1) is 0 Å². The Hall–Kier alpha value is -1.81. The second kappa shape index (κ2) is 4.37. The highest BCUT2D eigenvalue weighted by Gasteiger charge is 2.21. The highest BCUT2D eigenvalue weighted by Crippen LogP contribution is 2.31. The first-order chi connectivity index (χ1) is 7.72. The number of phenolic OH excluding ortho intramolecular Hbond substituents is 1. The fraction of sp³-hybridized carbons (Fsp3) is 0.250. The lowest BCUT2D eigenvalue weighted by molar-refractivity contribution is -0.134. The molecule has 1 atom stereocenters. The third-order valence-corrected chi connectivity index (χ3v) is 2.65. The number of esters is 1. The number of hydrogen-bond donors (Lipinski definition) is 2. The Balaban J connectivity index is 2.21. The summed E-state index contributed by atoms with van der Waals surface area (Å²) >= 11 is 0. The summed E-state index contributed by atoms with van der Waals surface area (Å²) in [5, 5.41) is 12.8. The molecule has 0 amide bonds. The number of fused-ring (bicyclic) bond motifs is 1. The highest BCUT2D eigenvalue weighted by atomic mass is 16.5. The van der Waals surface area contributed by atoms with E-state index in [4.69, 9.17) is 0 Å². The van der Waals surface area contributed by atoms with E-state index in [1.54, 1.807) is 18.2 Å². The van der Waals surface area contributed by atoms with Gasteiger partial charge in [-0.3, -0.25) is 0 Å². The average molecular weight is 219 g/mol. The minimum atomic E-state index is -0.379. The number of carbonyl (C=O) groups excluding carboxylic acids is 1. The van der Waals surface area contributed by atoms with E-state index in [0.717, 1.165) is 11.1 Å². The Labute approximate surface area is 93.5 Å². The number of carbonyl (C=O) groups is 1. The molecule has 84 valence electrons. The predicted octanol–water partition coefficient (Wildman–Crippen LogP) is 1.27. The number of rotatable bonds is 2. The van der Waals surface area contributed by atoms with Gasteiger partial charge in [-0.15, -0.1) is 0 Å². The van der Waals surface area contributed by atoms with Crippen molar-refractivity contribution in [2.45, 2.75) is 12.6 Å². The number of ether oxygens (including phenoxy) is 1. The van der Waals surface area contributed by atoms with Gasteiger partial charge in [-0.25, -0.2) is 4.79 Å². The van der Waals surface area contributed by atoms with Crippen LogP contribution in [0.3, 0.4) is 0 Å². The molecule has 0 aromatic heterocycles. The molecule has 1 aromatic rings. The van der Waals surface area contributed by atoms with Gasteiger partial charge in [-0.05, 0) is 11.6 Å². The molecule has 0 fully saturated rings. The SMILES string of the molecule is COC(=O)C=CC1NCc2c(O)cccc21. The third-order valence-electron chi connectivity index (χ3n) is 2.65. The zero-order chi connectivity index (χ0) is 11.5. The van der Waals surface area contributed by atoms with E-state index in [0.29, 0.717) is 12.3 Å². The van der Waals surface area contributed by atoms with Gasteiger partial charge in [0.1, 0.15) is 5.75 Å². The van der Waals surface area contributed by atoms with Crippen molar-refractivity contribution in [3.63, 3.8) is 0 Å². The molecule has 1 aliphatic heterocycles. The number of nitrogens with one attached hydrogen (secondary N) is 1. The first kappa shape index (κ1) is 10.7. The molecular weight excluding hydrogens is 206 g/mol. The Bertz CT molecular complexity index is 440. The summed E-state index contributed by atoms with van der Waals surface area (Å²) in [5.74, 6) is -0.0885. The van der Waals surface area contributed by atoms with Crippen LogP contribution in [-0.4, -0.2) is 18.2 Å². The Morgan fingerprint density at radius 3 is 3.19 bits per heavy atom. The van der Waals surface area contributed by atoms with Crippen molar-refractivity contribution in [2.75, 3.05) is 7.11 Å². The molecule has 1 aliphatic rings. The molecule has 1 heterocycles. The van der Waals surface area contributed by atoms with Crippen molar-refractivity contribution in [1.29, 1.82) is 0 Å². The summed E-state index contributed by atoms with van der Waals surface area (Å²) in [6.45, 7) is 0.609. The summed E-state index contributed by atoms with van der Waals surface area (Å²) in [6.07, 6.45) is 3.12. The number of benzene rings is 1. The topological polar surface area (TPSA) is 58.6 Å². The van der Waals surface area contributed by atoms with Gasteiger partial charge in [-0.2, -0.15) is 0 Å². The Morgan fingerprint density at radius 1 is 1.62 bits per heavy atom. The summed E-state index contributed by atoms with van der Waals surface area (Å²) in [5.41, 5.74) is 1.89. The van der Waals surface area contributed by atoms with Crippen LogP contribution in [0.5, 0.6) is 5.75 Å². The number of hydrogen-bond acceptors (Lipinski definition) is 4. The van der Waals surface area contributed by atoms with E-state index in [1.807, 2.05) is 6.07 Å². The molecule has 0 saturated heterocycles. The maximum Gasteiger partial charge on any atom is 0.330 e. The molecule has 2 rings (SSSR count). The molecule has 0 saturated carbocycles. The highest BCUT2D eigenvalue weighted by molar-refractivity contribution is 5.81. The van der Waals surface area contributed by atoms with E-state index < -0.39 is 0 Å². The molecule has 4 heteroatoms. The van der Waals surface area contributed by atoms with Crippen molar-refractivity contribution < 1.29 is 14.6 Å². The second-order valence-electron chi connectivity index (χ2n) is 3.59. The molecule has 0 aliphatic carbocycles. The molecule has 0 radical (unpaired) electrons. The van der Waals surface area contributed by atoms with Crippen molar-refractivity contribution in [1.82, 2.24) is 5.32 Å². The van der Waals surface area contributed by atoms with Gasteiger partial charge in [0.15, 0.2) is 0 Å². The predicted molar refractivity (Wildman–Crippen MR) is 58.8 cm³/mol. The summed E-state index contributed by atoms with van der Waals surface area (Å²) in [7, 11) is 1.34. The number of phenols is 1. The van der Waals surface area contributed by atoms with Crippen LogP contribution in [0.4, 0.5) is 0 Å². The second-order valence-corrected chi connectivity index (χ2v) is 3.59. The fourth-order valence-electron chi connectivity index (χ4n) is 1.81. The minimum Gasteiger partial charge on any atom is -0.508 e. The summed E-state index contributed by atoms with van der Waals surface area (Å²) in [6, 6.07) is 5.34. The van der Waals surface area contributed by atoms with E-state index >= 15 is 0 Å². The number of methoxy groups -OCH3 is 1. The van der Waals surface area contributed by atoms with Gasteiger partial charge in [0.25, 0.3) is 0 Å². The zero-order valence-electron chi connectivity index (χ0n) is 8.93. The zero-order valence-corrected chi connectivity index (χ0v) is 8.93.